The average Bonchev–Trinajstić information content (AvgIpc) is 2.17. The Hall–Kier alpha value is -0.120. The summed E-state index contributed by atoms with van der Waals surface area (Å²) in [4.78, 5) is 2.29. The number of hydrogen-bond donors (Lipinski definition) is 2. The maximum absolute atomic E-state index is 8.65. The predicted octanol–water partition coefficient (Wildman–Crippen LogP) is 0.818. The lowest BCUT2D eigenvalue weighted by Gasteiger charge is -2.37. The van der Waals surface area contributed by atoms with Crippen LogP contribution in [0.5, 0.6) is 0 Å². The molecule has 0 fully saturated rings. The van der Waals surface area contributed by atoms with Crippen LogP contribution in [0.2, 0.25) is 0 Å². The van der Waals surface area contributed by atoms with Crippen LogP contribution in [0.1, 0.15) is 33.1 Å². The van der Waals surface area contributed by atoms with Crippen molar-refractivity contribution < 1.29 is 5.11 Å². The van der Waals surface area contributed by atoms with Gasteiger partial charge in [0.15, 0.2) is 0 Å². The van der Waals surface area contributed by atoms with Crippen LogP contribution in [0, 0.1) is 0 Å². The molecule has 3 N–H and O–H groups in total. The fraction of sp³-hybridized carbons (Fsp3) is 1.00. The molecule has 0 aliphatic rings. The van der Waals surface area contributed by atoms with E-state index in [1.165, 1.54) is 0 Å². The van der Waals surface area contributed by atoms with E-state index in [0.717, 1.165) is 25.8 Å². The van der Waals surface area contributed by atoms with Crippen LogP contribution in [0.4, 0.5) is 0 Å². The smallest absolute Gasteiger partial charge is 0.0431 e. The first-order valence-corrected chi connectivity index (χ1v) is 5.13. The molecule has 3 nitrogen and oxygen atoms in total. The summed E-state index contributed by atoms with van der Waals surface area (Å²) in [5.41, 5.74) is 5.85. The van der Waals surface area contributed by atoms with Gasteiger partial charge in [-0.2, -0.15) is 0 Å². The molecule has 80 valence electrons. The largest absolute Gasteiger partial charge is 0.396 e. The van der Waals surface area contributed by atoms with Crippen LogP contribution < -0.4 is 5.73 Å². The third kappa shape index (κ3) is 4.07. The Morgan fingerprint density at radius 3 is 2.38 bits per heavy atom. The van der Waals surface area contributed by atoms with E-state index < -0.39 is 0 Å². The number of unbranched alkanes of at least 4 members (excludes halogenated alkanes) is 1. The molecule has 0 aliphatic carbocycles. The van der Waals surface area contributed by atoms with Crippen LogP contribution in [0.15, 0.2) is 0 Å². The number of likely N-dealkylation sites (N-methyl/N-ethyl adjacent to an activating group) is 1. The summed E-state index contributed by atoms with van der Waals surface area (Å²) < 4.78 is 0. The van der Waals surface area contributed by atoms with Gasteiger partial charge in [-0.05, 0) is 39.8 Å². The second-order valence-electron chi connectivity index (χ2n) is 3.91. The van der Waals surface area contributed by atoms with Crippen molar-refractivity contribution in [1.82, 2.24) is 4.90 Å². The van der Waals surface area contributed by atoms with Crippen molar-refractivity contribution >= 4 is 0 Å². The topological polar surface area (TPSA) is 49.5 Å². The summed E-state index contributed by atoms with van der Waals surface area (Å²) in [7, 11) is 2.10. The molecule has 1 atom stereocenters. The Balaban J connectivity index is 3.84. The molecule has 0 radical (unpaired) electrons. The Kier molecular flexibility index (Phi) is 6.29. The minimum absolute atomic E-state index is 0.120. The molecular weight excluding hydrogens is 164 g/mol. The molecule has 0 saturated carbocycles. The van der Waals surface area contributed by atoms with Crippen LogP contribution in [-0.4, -0.2) is 42.3 Å². The molecule has 0 rings (SSSR count). The Morgan fingerprint density at radius 2 is 2.00 bits per heavy atom. The number of aliphatic hydroxyl groups excluding tert-OH is 1. The highest BCUT2D eigenvalue weighted by Crippen LogP contribution is 2.16. The van der Waals surface area contributed by atoms with Gasteiger partial charge >= 0.3 is 0 Å². The summed E-state index contributed by atoms with van der Waals surface area (Å²) in [6.45, 7) is 6.35. The quantitative estimate of drug-likeness (QED) is 0.582. The molecule has 0 aliphatic heterocycles. The molecule has 1 unspecified atom stereocenters. The van der Waals surface area contributed by atoms with Crippen molar-refractivity contribution in [3.05, 3.63) is 0 Å². The normalized spacial score (nSPS) is 16.2. The first-order chi connectivity index (χ1) is 6.10. The van der Waals surface area contributed by atoms with Gasteiger partial charge in [0.05, 0.1) is 0 Å². The summed E-state index contributed by atoms with van der Waals surface area (Å²) in [6.07, 6.45) is 3.00. The van der Waals surface area contributed by atoms with Crippen molar-refractivity contribution in [2.45, 2.75) is 38.6 Å². The summed E-state index contributed by atoms with van der Waals surface area (Å²) in [6, 6.07) is 0. The van der Waals surface area contributed by atoms with Crippen LogP contribution in [-0.2, 0) is 0 Å². The molecule has 0 bridgehead atoms. The highest BCUT2D eigenvalue weighted by molar-refractivity contribution is 4.83. The van der Waals surface area contributed by atoms with Gasteiger partial charge in [0.1, 0.15) is 0 Å². The molecule has 0 aromatic rings. The minimum atomic E-state index is 0.120. The first kappa shape index (κ1) is 12.9. The Bertz CT molecular complexity index is 124. The lowest BCUT2D eigenvalue weighted by Crippen LogP contribution is -2.49. The van der Waals surface area contributed by atoms with Gasteiger partial charge in [0, 0.05) is 18.7 Å². The molecule has 3 heteroatoms. The average molecular weight is 188 g/mol. The van der Waals surface area contributed by atoms with Crippen LogP contribution in [0.3, 0.4) is 0 Å². The number of hydrogen-bond acceptors (Lipinski definition) is 3. The summed E-state index contributed by atoms with van der Waals surface area (Å²) in [5, 5.41) is 8.65. The molecule has 0 heterocycles. The van der Waals surface area contributed by atoms with Gasteiger partial charge < -0.3 is 10.8 Å². The number of aliphatic hydroxyl groups is 1. The second kappa shape index (κ2) is 6.35. The van der Waals surface area contributed by atoms with Gasteiger partial charge in [-0.15, -0.1) is 0 Å². The molecule has 0 amide bonds. The standard InChI is InChI=1S/C10H24N2O/c1-4-10(2,9-11)12(3)7-5-6-8-13/h13H,4-9,11H2,1-3H3. The predicted molar refractivity (Wildman–Crippen MR) is 56.7 cm³/mol. The third-order valence-corrected chi connectivity index (χ3v) is 3.02. The van der Waals surface area contributed by atoms with E-state index in [2.05, 4.69) is 25.8 Å². The minimum Gasteiger partial charge on any atom is -0.396 e. The van der Waals surface area contributed by atoms with E-state index >= 15 is 0 Å². The third-order valence-electron chi connectivity index (χ3n) is 3.02. The maximum Gasteiger partial charge on any atom is 0.0431 e. The van der Waals surface area contributed by atoms with Gasteiger partial charge in [-0.3, -0.25) is 4.90 Å². The fourth-order valence-corrected chi connectivity index (χ4v) is 1.30. The van der Waals surface area contributed by atoms with Crippen molar-refractivity contribution in [3.8, 4) is 0 Å². The van der Waals surface area contributed by atoms with Crippen molar-refractivity contribution in [3.63, 3.8) is 0 Å². The van der Waals surface area contributed by atoms with E-state index in [1.54, 1.807) is 0 Å². The molecule has 0 spiro atoms. The first-order valence-electron chi connectivity index (χ1n) is 5.13. The molecule has 0 aromatic heterocycles. The second-order valence-corrected chi connectivity index (χ2v) is 3.91. The van der Waals surface area contributed by atoms with Gasteiger partial charge in [0.2, 0.25) is 0 Å². The van der Waals surface area contributed by atoms with Crippen molar-refractivity contribution in [1.29, 1.82) is 0 Å². The zero-order valence-corrected chi connectivity index (χ0v) is 9.21. The SMILES string of the molecule is CCC(C)(CN)N(C)CCCCO. The van der Waals surface area contributed by atoms with Crippen LogP contribution >= 0.6 is 0 Å². The number of nitrogens with two attached hydrogens (primary N) is 1. The zero-order valence-electron chi connectivity index (χ0n) is 9.21. The molecule has 0 saturated heterocycles. The Morgan fingerprint density at radius 1 is 1.38 bits per heavy atom. The van der Waals surface area contributed by atoms with E-state index in [1.807, 2.05) is 0 Å². The van der Waals surface area contributed by atoms with Gasteiger partial charge in [-0.1, -0.05) is 6.92 Å². The summed E-state index contributed by atoms with van der Waals surface area (Å²) >= 11 is 0. The highest BCUT2D eigenvalue weighted by atomic mass is 16.2. The molecule has 13 heavy (non-hydrogen) atoms. The van der Waals surface area contributed by atoms with Gasteiger partial charge in [0.25, 0.3) is 0 Å². The maximum atomic E-state index is 8.65. The summed E-state index contributed by atoms with van der Waals surface area (Å²) in [5.74, 6) is 0. The highest BCUT2D eigenvalue weighted by Gasteiger charge is 2.24. The molecule has 0 aromatic carbocycles. The van der Waals surface area contributed by atoms with E-state index in [0.29, 0.717) is 13.2 Å². The van der Waals surface area contributed by atoms with Crippen LogP contribution in [0.25, 0.3) is 0 Å². The van der Waals surface area contributed by atoms with E-state index in [4.69, 9.17) is 10.8 Å². The van der Waals surface area contributed by atoms with Crippen molar-refractivity contribution in [2.24, 2.45) is 5.73 Å². The van der Waals surface area contributed by atoms with E-state index in [-0.39, 0.29) is 5.54 Å². The monoisotopic (exact) mass is 188 g/mol. The van der Waals surface area contributed by atoms with Crippen molar-refractivity contribution in [2.75, 3.05) is 26.7 Å². The fourth-order valence-electron chi connectivity index (χ4n) is 1.30. The number of nitrogens with zero attached hydrogens (tertiary/aromatic N) is 1. The molecular formula is C10H24N2O. The van der Waals surface area contributed by atoms with E-state index in [9.17, 15) is 0 Å². The zero-order chi connectivity index (χ0) is 10.3. The van der Waals surface area contributed by atoms with Gasteiger partial charge in [-0.25, -0.2) is 0 Å². The lowest BCUT2D eigenvalue weighted by atomic mass is 9.97. The lowest BCUT2D eigenvalue weighted by molar-refractivity contribution is 0.134. The number of rotatable bonds is 7. The Labute approximate surface area is 81.9 Å².